The zero-order valence-electron chi connectivity index (χ0n) is 15.3. The van der Waals surface area contributed by atoms with Crippen LogP contribution in [0.25, 0.3) is 0 Å². The smallest absolute Gasteiger partial charge is 0.336 e. The van der Waals surface area contributed by atoms with Crippen molar-refractivity contribution >= 4 is 35.1 Å². The minimum absolute atomic E-state index is 0.138. The molecule has 144 valence electrons. The number of benzene rings is 1. The summed E-state index contributed by atoms with van der Waals surface area (Å²) < 4.78 is 10.3. The number of hydrogen-bond donors (Lipinski definition) is 0. The molecular weight excluding hydrogens is 375 g/mol. The Hall–Kier alpha value is -1.52. The van der Waals surface area contributed by atoms with Crippen LogP contribution in [0.2, 0.25) is 10.0 Å². The fraction of sp³-hybridized carbons (Fsp3) is 0.500. The van der Waals surface area contributed by atoms with E-state index in [9.17, 15) is 9.59 Å². The van der Waals surface area contributed by atoms with E-state index < -0.39 is 11.9 Å². The second-order valence-electron chi connectivity index (χ2n) is 6.13. The Morgan fingerprint density at radius 1 is 1.04 bits per heavy atom. The molecule has 26 heavy (non-hydrogen) atoms. The van der Waals surface area contributed by atoms with E-state index in [0.29, 0.717) is 5.02 Å². The van der Waals surface area contributed by atoms with Crippen molar-refractivity contribution in [1.82, 2.24) is 0 Å². The summed E-state index contributed by atoms with van der Waals surface area (Å²) in [7, 11) is 0. The Kier molecular flexibility index (Phi) is 11.1. The van der Waals surface area contributed by atoms with E-state index in [1.807, 2.05) is 6.92 Å². The quantitative estimate of drug-likeness (QED) is 0.194. The maximum atomic E-state index is 11.7. The molecule has 0 amide bonds. The Bertz CT molecular complexity index is 614. The molecule has 0 aliphatic rings. The lowest BCUT2D eigenvalue weighted by Gasteiger charge is -2.11. The number of esters is 2. The third-order valence-corrected chi connectivity index (χ3v) is 4.29. The first-order valence-corrected chi connectivity index (χ1v) is 9.73. The van der Waals surface area contributed by atoms with E-state index in [4.69, 9.17) is 32.7 Å². The number of ether oxygens (including phenoxy) is 2. The summed E-state index contributed by atoms with van der Waals surface area (Å²) in [6.45, 7) is 4.04. The predicted octanol–water partition coefficient (Wildman–Crippen LogP) is 6.14. The van der Waals surface area contributed by atoms with Crippen LogP contribution in [-0.4, -0.2) is 18.0 Å². The molecule has 0 heterocycles. The van der Waals surface area contributed by atoms with E-state index in [1.165, 1.54) is 37.8 Å². The van der Waals surface area contributed by atoms with Gasteiger partial charge >= 0.3 is 11.9 Å². The van der Waals surface area contributed by atoms with Crippen LogP contribution in [-0.2, 0) is 14.3 Å². The summed E-state index contributed by atoms with van der Waals surface area (Å²) in [6.07, 6.45) is 9.83. The fourth-order valence-corrected chi connectivity index (χ4v) is 2.66. The molecule has 0 radical (unpaired) electrons. The van der Waals surface area contributed by atoms with E-state index in [1.54, 1.807) is 6.07 Å². The third kappa shape index (κ3) is 9.83. The van der Waals surface area contributed by atoms with Crippen molar-refractivity contribution < 1.29 is 19.1 Å². The van der Waals surface area contributed by atoms with Crippen LogP contribution < -0.4 is 4.74 Å². The fourth-order valence-electron chi connectivity index (χ4n) is 2.34. The van der Waals surface area contributed by atoms with Gasteiger partial charge in [0, 0.05) is 23.2 Å². The van der Waals surface area contributed by atoms with Crippen LogP contribution >= 0.6 is 23.2 Å². The van der Waals surface area contributed by atoms with Gasteiger partial charge in [-0.3, -0.25) is 0 Å². The van der Waals surface area contributed by atoms with Crippen molar-refractivity contribution in [1.29, 1.82) is 0 Å². The number of unbranched alkanes of at least 4 members (excludes halogenated alkanes) is 5. The maximum Gasteiger partial charge on any atom is 0.336 e. The summed E-state index contributed by atoms with van der Waals surface area (Å²) in [4.78, 5) is 23.5. The van der Waals surface area contributed by atoms with Crippen molar-refractivity contribution in [3.05, 3.63) is 40.4 Å². The molecule has 4 nitrogen and oxygen atoms in total. The Labute approximate surface area is 165 Å². The van der Waals surface area contributed by atoms with Crippen molar-refractivity contribution in [3.8, 4) is 5.75 Å². The highest BCUT2D eigenvalue weighted by molar-refractivity contribution is 6.34. The molecule has 0 bridgehead atoms. The third-order valence-electron chi connectivity index (χ3n) is 3.74. The van der Waals surface area contributed by atoms with Gasteiger partial charge in [0.15, 0.2) is 5.75 Å². The monoisotopic (exact) mass is 400 g/mol. The van der Waals surface area contributed by atoms with Gasteiger partial charge in [-0.25, -0.2) is 9.59 Å². The number of rotatable bonds is 11. The first-order valence-electron chi connectivity index (χ1n) is 8.98. The molecule has 0 aliphatic carbocycles. The molecule has 0 saturated carbocycles. The second-order valence-corrected chi connectivity index (χ2v) is 6.98. The zero-order valence-corrected chi connectivity index (χ0v) is 16.8. The predicted molar refractivity (Wildman–Crippen MR) is 105 cm³/mol. The van der Waals surface area contributed by atoms with Gasteiger partial charge in [-0.15, -0.1) is 0 Å². The highest BCUT2D eigenvalue weighted by atomic mass is 35.5. The lowest BCUT2D eigenvalue weighted by atomic mass is 10.1. The van der Waals surface area contributed by atoms with Crippen molar-refractivity contribution in [3.63, 3.8) is 0 Å². The van der Waals surface area contributed by atoms with Gasteiger partial charge in [0.25, 0.3) is 0 Å². The van der Waals surface area contributed by atoms with E-state index in [2.05, 4.69) is 6.92 Å². The van der Waals surface area contributed by atoms with Gasteiger partial charge in [-0.2, -0.15) is 0 Å². The van der Waals surface area contributed by atoms with Gasteiger partial charge in [-0.1, -0.05) is 62.2 Å². The van der Waals surface area contributed by atoms with Crippen molar-refractivity contribution in [2.75, 3.05) is 0 Å². The van der Waals surface area contributed by atoms with Crippen LogP contribution in [0.1, 0.15) is 58.8 Å². The number of hydrogen-bond acceptors (Lipinski definition) is 4. The lowest BCUT2D eigenvalue weighted by Crippen LogP contribution is -2.13. The molecule has 0 spiro atoms. The molecule has 0 aromatic heterocycles. The second kappa shape index (κ2) is 12.8. The van der Waals surface area contributed by atoms with Gasteiger partial charge in [0.1, 0.15) is 0 Å². The average Bonchev–Trinajstić information content (AvgIpc) is 2.59. The molecule has 1 rings (SSSR count). The topological polar surface area (TPSA) is 52.6 Å². The van der Waals surface area contributed by atoms with Crippen LogP contribution in [0.4, 0.5) is 0 Å². The highest BCUT2D eigenvalue weighted by Gasteiger charge is 2.09. The van der Waals surface area contributed by atoms with E-state index in [-0.39, 0.29) is 16.9 Å². The number of carbonyl (C=O) groups excluding carboxylic acids is 2. The summed E-state index contributed by atoms with van der Waals surface area (Å²) in [5.74, 6) is -1.16. The van der Waals surface area contributed by atoms with Crippen molar-refractivity contribution in [2.24, 2.45) is 0 Å². The lowest BCUT2D eigenvalue weighted by molar-refractivity contribution is -0.143. The summed E-state index contributed by atoms with van der Waals surface area (Å²) in [5.41, 5.74) is 0. The van der Waals surface area contributed by atoms with Crippen molar-refractivity contribution in [2.45, 2.75) is 64.9 Å². The molecule has 0 N–H and O–H groups in total. The maximum absolute atomic E-state index is 11.7. The first-order chi connectivity index (χ1) is 12.4. The Balaban J connectivity index is 2.30. The van der Waals surface area contributed by atoms with Gasteiger partial charge in [0.2, 0.25) is 0 Å². The largest absolute Gasteiger partial charge is 0.460 e. The standard InChI is InChI=1S/C20H26Cl2O4/c1-3-4-5-6-7-8-9-15(2)25-19(23)12-13-20(24)26-18-14-16(21)10-11-17(18)22/h10-15H,3-9H2,1-2H3/b13-12+. The zero-order chi connectivity index (χ0) is 19.4. The molecule has 0 fully saturated rings. The van der Waals surface area contributed by atoms with Crippen LogP contribution in [0.15, 0.2) is 30.4 Å². The SMILES string of the molecule is CCCCCCCCC(C)OC(=O)/C=C/C(=O)Oc1cc(Cl)ccc1Cl. The molecule has 0 aliphatic heterocycles. The minimum atomic E-state index is -0.727. The molecule has 1 aromatic rings. The van der Waals surface area contributed by atoms with Gasteiger partial charge in [-0.05, 0) is 31.9 Å². The normalized spacial score (nSPS) is 12.2. The summed E-state index contributed by atoms with van der Waals surface area (Å²) in [6, 6.07) is 4.53. The molecule has 1 atom stereocenters. The van der Waals surface area contributed by atoms with E-state index in [0.717, 1.165) is 31.4 Å². The Morgan fingerprint density at radius 3 is 2.42 bits per heavy atom. The van der Waals surface area contributed by atoms with Gasteiger partial charge in [0.05, 0.1) is 11.1 Å². The average molecular weight is 401 g/mol. The molecule has 1 aromatic carbocycles. The summed E-state index contributed by atoms with van der Waals surface area (Å²) >= 11 is 11.7. The molecule has 6 heteroatoms. The van der Waals surface area contributed by atoms with Crippen LogP contribution in [0.3, 0.4) is 0 Å². The molecule has 1 unspecified atom stereocenters. The summed E-state index contributed by atoms with van der Waals surface area (Å²) in [5, 5.41) is 0.649. The first kappa shape index (κ1) is 22.5. The minimum Gasteiger partial charge on any atom is -0.460 e. The Morgan fingerprint density at radius 2 is 1.69 bits per heavy atom. The van der Waals surface area contributed by atoms with Crippen LogP contribution in [0.5, 0.6) is 5.75 Å². The molecular formula is C20H26Cl2O4. The molecule has 0 saturated heterocycles. The number of halogens is 2. The highest BCUT2D eigenvalue weighted by Crippen LogP contribution is 2.27. The number of carbonyl (C=O) groups is 2. The van der Waals surface area contributed by atoms with Crippen LogP contribution in [0, 0.1) is 0 Å². The van der Waals surface area contributed by atoms with E-state index >= 15 is 0 Å². The van der Waals surface area contributed by atoms with Gasteiger partial charge < -0.3 is 9.47 Å².